The van der Waals surface area contributed by atoms with E-state index in [1.807, 2.05) is 56.4 Å². The molecule has 7 heteroatoms. The molecule has 0 saturated heterocycles. The van der Waals surface area contributed by atoms with Crippen molar-refractivity contribution < 1.29 is 14.3 Å². The first-order valence-electron chi connectivity index (χ1n) is 13.8. The summed E-state index contributed by atoms with van der Waals surface area (Å²) in [5.74, 6) is 0.974. The van der Waals surface area contributed by atoms with E-state index < -0.39 is 6.04 Å². The first-order valence-corrected chi connectivity index (χ1v) is 13.8. The number of aliphatic imine (C=N–C) groups is 1. The minimum atomic E-state index is -0.644. The smallest absolute Gasteiger partial charge is 0.331 e. The minimum Gasteiger partial charge on any atom is -0.464 e. The summed E-state index contributed by atoms with van der Waals surface area (Å²) in [6.45, 7) is 4.09. The molecule has 1 aromatic carbocycles. The molecule has 2 aliphatic carbocycles. The highest BCUT2D eigenvalue weighted by Crippen LogP contribution is 2.36. The average Bonchev–Trinajstić information content (AvgIpc) is 3.29. The Kier molecular flexibility index (Phi) is 8.11. The van der Waals surface area contributed by atoms with Gasteiger partial charge < -0.3 is 10.1 Å². The molecule has 2 atom stereocenters. The Morgan fingerprint density at radius 2 is 1.92 bits per heavy atom. The van der Waals surface area contributed by atoms with Crippen molar-refractivity contribution in [1.29, 1.82) is 0 Å². The zero-order valence-electron chi connectivity index (χ0n) is 22.3. The zero-order valence-corrected chi connectivity index (χ0v) is 22.3. The van der Waals surface area contributed by atoms with Crippen molar-refractivity contribution in [2.24, 2.45) is 16.8 Å². The summed E-state index contributed by atoms with van der Waals surface area (Å²) in [4.78, 5) is 39.5. The van der Waals surface area contributed by atoms with Crippen LogP contribution in [-0.4, -0.2) is 40.1 Å². The highest BCUT2D eigenvalue weighted by Gasteiger charge is 2.38. The maximum atomic E-state index is 12.9. The molecule has 1 N–H and O–H groups in total. The molecule has 1 unspecified atom stereocenters. The third-order valence-corrected chi connectivity index (χ3v) is 7.74. The van der Waals surface area contributed by atoms with Crippen LogP contribution in [0, 0.1) is 18.8 Å². The van der Waals surface area contributed by atoms with Gasteiger partial charge in [0.1, 0.15) is 11.6 Å². The summed E-state index contributed by atoms with van der Waals surface area (Å²) in [5.41, 5.74) is 3.72. The molecule has 198 valence electrons. The number of fused-ring (bicyclic) bond motifs is 1. The van der Waals surface area contributed by atoms with E-state index in [-0.39, 0.29) is 11.9 Å². The van der Waals surface area contributed by atoms with Crippen LogP contribution < -0.4 is 5.32 Å². The molecule has 2 aliphatic rings. The Hall–Kier alpha value is -3.61. The number of pyridine rings is 2. The highest BCUT2D eigenvalue weighted by atomic mass is 16.5. The van der Waals surface area contributed by atoms with Gasteiger partial charge in [-0.15, -0.1) is 0 Å². The van der Waals surface area contributed by atoms with Crippen LogP contribution in [0.5, 0.6) is 0 Å². The van der Waals surface area contributed by atoms with Gasteiger partial charge in [-0.1, -0.05) is 31.4 Å². The number of nitrogens with one attached hydrogen (secondary N) is 1. The van der Waals surface area contributed by atoms with Gasteiger partial charge in [0.25, 0.3) is 0 Å². The van der Waals surface area contributed by atoms with Crippen molar-refractivity contribution in [2.45, 2.75) is 71.3 Å². The fourth-order valence-corrected chi connectivity index (χ4v) is 5.92. The summed E-state index contributed by atoms with van der Waals surface area (Å²) in [6, 6.07) is 11.4. The second kappa shape index (κ2) is 11.8. The van der Waals surface area contributed by atoms with Crippen molar-refractivity contribution in [3.8, 4) is 0 Å². The number of rotatable bonds is 8. The SMILES string of the molecule is CCOC(=O)[C@H](Cc1ccc(Nc2nc(C)cc3ccncc23)cc1)N=C1CCC(=O)C1C1CCCCC1. The van der Waals surface area contributed by atoms with Gasteiger partial charge in [-0.3, -0.25) is 14.8 Å². The molecule has 0 bridgehead atoms. The molecule has 2 heterocycles. The number of ether oxygens (including phenoxy) is 1. The van der Waals surface area contributed by atoms with Crippen LogP contribution in [0.15, 0.2) is 53.8 Å². The normalized spacial score (nSPS) is 20.1. The lowest BCUT2D eigenvalue weighted by molar-refractivity contribution is -0.144. The van der Waals surface area contributed by atoms with Gasteiger partial charge in [-0.25, -0.2) is 9.78 Å². The predicted octanol–water partition coefficient (Wildman–Crippen LogP) is 6.16. The standard InChI is InChI=1S/C31H36N4O3/c1-3-38-31(37)27(35-26-13-14-28(36)29(26)22-7-5-4-6-8-22)18-21-9-11-24(12-10-21)34-30-25-19-32-16-15-23(25)17-20(2)33-30/h9-12,15-17,19,22,27,29H,3-8,13-14,18H2,1-2H3,(H,33,34)/t27-,29?/m0/s1. The maximum absolute atomic E-state index is 12.9. The predicted molar refractivity (Wildman–Crippen MR) is 150 cm³/mol. The van der Waals surface area contributed by atoms with Gasteiger partial charge in [-0.2, -0.15) is 0 Å². The Morgan fingerprint density at radius 1 is 1.13 bits per heavy atom. The second-order valence-corrected chi connectivity index (χ2v) is 10.5. The van der Waals surface area contributed by atoms with E-state index >= 15 is 0 Å². The first-order chi connectivity index (χ1) is 18.5. The number of hydrogen-bond donors (Lipinski definition) is 1. The number of hydrogen-bond acceptors (Lipinski definition) is 7. The topological polar surface area (TPSA) is 93.5 Å². The van der Waals surface area contributed by atoms with Gasteiger partial charge in [0.05, 0.1) is 12.5 Å². The molecule has 0 aliphatic heterocycles. The Bertz CT molecular complexity index is 1330. The average molecular weight is 513 g/mol. The molecule has 2 saturated carbocycles. The third-order valence-electron chi connectivity index (χ3n) is 7.74. The number of nitrogens with zero attached hydrogens (tertiary/aromatic N) is 3. The van der Waals surface area contributed by atoms with Gasteiger partial charge in [0.15, 0.2) is 6.04 Å². The third kappa shape index (κ3) is 5.93. The fourth-order valence-electron chi connectivity index (χ4n) is 5.92. The number of aryl methyl sites for hydroxylation is 1. The van der Waals surface area contributed by atoms with E-state index in [1.165, 1.54) is 19.3 Å². The number of Topliss-reactive ketones (excluding diaryl/α,β-unsaturated/α-hetero) is 1. The van der Waals surface area contributed by atoms with Gasteiger partial charge in [-0.05, 0) is 74.2 Å². The summed E-state index contributed by atoms with van der Waals surface area (Å²) in [6.07, 6.45) is 11.0. The van der Waals surface area contributed by atoms with E-state index in [0.717, 1.165) is 52.1 Å². The lowest BCUT2D eigenvalue weighted by Crippen LogP contribution is -2.30. The number of carbonyl (C=O) groups is 2. The van der Waals surface area contributed by atoms with Crippen LogP contribution in [-0.2, 0) is 20.7 Å². The van der Waals surface area contributed by atoms with Crippen LogP contribution in [0.2, 0.25) is 0 Å². The Labute approximate surface area is 224 Å². The van der Waals surface area contributed by atoms with Crippen LogP contribution in [0.4, 0.5) is 11.5 Å². The van der Waals surface area contributed by atoms with E-state index in [0.29, 0.717) is 37.6 Å². The molecule has 0 radical (unpaired) electrons. The van der Waals surface area contributed by atoms with Gasteiger partial charge in [0.2, 0.25) is 0 Å². The van der Waals surface area contributed by atoms with Gasteiger partial charge in [0, 0.05) is 47.7 Å². The summed E-state index contributed by atoms with van der Waals surface area (Å²) in [5, 5.41) is 5.45. The summed E-state index contributed by atoms with van der Waals surface area (Å²) >= 11 is 0. The van der Waals surface area contributed by atoms with Gasteiger partial charge >= 0.3 is 5.97 Å². The summed E-state index contributed by atoms with van der Waals surface area (Å²) in [7, 11) is 0. The zero-order chi connectivity index (χ0) is 26.5. The molecule has 5 rings (SSSR count). The number of aromatic nitrogens is 2. The molecule has 3 aromatic rings. The van der Waals surface area contributed by atoms with Crippen molar-refractivity contribution >= 4 is 39.7 Å². The van der Waals surface area contributed by atoms with Crippen LogP contribution in [0.3, 0.4) is 0 Å². The lowest BCUT2D eigenvalue weighted by Gasteiger charge is -2.27. The number of ketones is 1. The van der Waals surface area contributed by atoms with Crippen molar-refractivity contribution in [3.05, 3.63) is 60.0 Å². The largest absolute Gasteiger partial charge is 0.464 e. The van der Waals surface area contributed by atoms with E-state index in [9.17, 15) is 9.59 Å². The second-order valence-electron chi connectivity index (χ2n) is 10.5. The Morgan fingerprint density at radius 3 is 2.68 bits per heavy atom. The molecule has 2 aromatic heterocycles. The minimum absolute atomic E-state index is 0.120. The van der Waals surface area contributed by atoms with Crippen LogP contribution >= 0.6 is 0 Å². The lowest BCUT2D eigenvalue weighted by atomic mass is 9.78. The molecule has 0 spiro atoms. The molecule has 2 fully saturated rings. The van der Waals surface area contributed by atoms with Crippen molar-refractivity contribution in [1.82, 2.24) is 9.97 Å². The highest BCUT2D eigenvalue weighted by molar-refractivity contribution is 6.11. The van der Waals surface area contributed by atoms with E-state index in [2.05, 4.69) is 15.3 Å². The number of esters is 1. The molecule has 7 nitrogen and oxygen atoms in total. The number of anilines is 2. The van der Waals surface area contributed by atoms with Crippen LogP contribution in [0.25, 0.3) is 10.8 Å². The first kappa shape index (κ1) is 26.0. The quantitative estimate of drug-likeness (QED) is 0.364. The van der Waals surface area contributed by atoms with E-state index in [4.69, 9.17) is 9.73 Å². The number of benzene rings is 1. The molecule has 0 amide bonds. The number of carbonyl (C=O) groups excluding carboxylic acids is 2. The molecule has 38 heavy (non-hydrogen) atoms. The summed E-state index contributed by atoms with van der Waals surface area (Å²) < 4.78 is 5.39. The van der Waals surface area contributed by atoms with Crippen molar-refractivity contribution in [3.63, 3.8) is 0 Å². The molecular formula is C31H36N4O3. The fraction of sp³-hybridized carbons (Fsp3) is 0.452. The van der Waals surface area contributed by atoms with E-state index in [1.54, 1.807) is 6.20 Å². The Balaban J connectivity index is 1.34. The maximum Gasteiger partial charge on any atom is 0.331 e. The van der Waals surface area contributed by atoms with Crippen molar-refractivity contribution in [2.75, 3.05) is 11.9 Å². The van der Waals surface area contributed by atoms with Crippen LogP contribution in [0.1, 0.15) is 63.1 Å². The molecular weight excluding hydrogens is 476 g/mol. The monoisotopic (exact) mass is 512 g/mol.